The predicted octanol–water partition coefficient (Wildman–Crippen LogP) is 1.90. The number of carbonyl (C=O) groups excluding carboxylic acids is 1. The minimum absolute atomic E-state index is 0.0339. The first-order chi connectivity index (χ1) is 7.58. The number of hydrogen-bond acceptors (Lipinski definition) is 2. The third-order valence-corrected chi connectivity index (χ3v) is 3.18. The molecule has 0 aliphatic rings. The van der Waals surface area contributed by atoms with Crippen LogP contribution in [0.25, 0.3) is 0 Å². The van der Waals surface area contributed by atoms with Crippen LogP contribution in [0.15, 0.2) is 18.2 Å². The zero-order valence-electron chi connectivity index (χ0n) is 8.97. The van der Waals surface area contributed by atoms with Gasteiger partial charge in [-0.25, -0.2) is 4.39 Å². The van der Waals surface area contributed by atoms with Gasteiger partial charge in [0.05, 0.1) is 5.56 Å². The first-order valence-corrected chi connectivity index (χ1v) is 6.12. The van der Waals surface area contributed by atoms with Crippen LogP contribution in [-0.4, -0.2) is 18.5 Å². The maximum absolute atomic E-state index is 12.8. The van der Waals surface area contributed by atoms with Crippen molar-refractivity contribution in [1.29, 1.82) is 0 Å². The van der Waals surface area contributed by atoms with Crippen LogP contribution in [0, 0.1) is 9.39 Å². The number of nitrogens with one attached hydrogen (secondary N) is 1. The van der Waals surface area contributed by atoms with Gasteiger partial charge in [-0.15, -0.1) is 0 Å². The molecule has 0 radical (unpaired) electrons. The van der Waals surface area contributed by atoms with Gasteiger partial charge in [0, 0.05) is 16.2 Å². The number of nitrogens with two attached hydrogens (primary N) is 1. The van der Waals surface area contributed by atoms with Crippen LogP contribution in [0.1, 0.15) is 23.7 Å². The maximum Gasteiger partial charge on any atom is 0.252 e. The second-order valence-electron chi connectivity index (χ2n) is 3.44. The Morgan fingerprint density at radius 3 is 2.81 bits per heavy atom. The van der Waals surface area contributed by atoms with Crippen LogP contribution >= 0.6 is 22.6 Å². The first-order valence-electron chi connectivity index (χ1n) is 5.04. The molecule has 0 fully saturated rings. The molecule has 0 spiro atoms. The third kappa shape index (κ3) is 3.41. The smallest absolute Gasteiger partial charge is 0.252 e. The lowest BCUT2D eigenvalue weighted by atomic mass is 10.1. The van der Waals surface area contributed by atoms with Crippen LogP contribution in [0.5, 0.6) is 0 Å². The third-order valence-electron chi connectivity index (χ3n) is 2.29. The minimum Gasteiger partial charge on any atom is -0.348 e. The Hall–Kier alpha value is -0.690. The second-order valence-corrected chi connectivity index (χ2v) is 4.60. The van der Waals surface area contributed by atoms with Crippen molar-refractivity contribution < 1.29 is 9.18 Å². The van der Waals surface area contributed by atoms with Gasteiger partial charge in [0.15, 0.2) is 0 Å². The van der Waals surface area contributed by atoms with Gasteiger partial charge in [0.25, 0.3) is 5.91 Å². The van der Waals surface area contributed by atoms with E-state index < -0.39 is 0 Å². The molecule has 88 valence electrons. The lowest BCUT2D eigenvalue weighted by molar-refractivity contribution is 0.0936. The standard InChI is InChI=1S/C11H14FIN2O/c1-2-8(6-14)15-11(16)9-4-3-7(12)5-10(9)13/h3-5,8H,2,6,14H2,1H3,(H,15,16). The summed E-state index contributed by atoms with van der Waals surface area (Å²) in [5.74, 6) is -0.548. The SMILES string of the molecule is CCC(CN)NC(=O)c1ccc(F)cc1I. The molecule has 0 bridgehead atoms. The van der Waals surface area contributed by atoms with Crippen LogP contribution in [0.3, 0.4) is 0 Å². The van der Waals surface area contributed by atoms with Crippen molar-refractivity contribution in [2.24, 2.45) is 5.73 Å². The molecule has 1 rings (SSSR count). The maximum atomic E-state index is 12.8. The summed E-state index contributed by atoms with van der Waals surface area (Å²) in [5.41, 5.74) is 5.98. The summed E-state index contributed by atoms with van der Waals surface area (Å²) in [6.07, 6.45) is 0.778. The summed E-state index contributed by atoms with van der Waals surface area (Å²) in [4.78, 5) is 11.8. The normalized spacial score (nSPS) is 12.2. The van der Waals surface area contributed by atoms with Crippen molar-refractivity contribution >= 4 is 28.5 Å². The van der Waals surface area contributed by atoms with Crippen molar-refractivity contribution in [2.45, 2.75) is 19.4 Å². The highest BCUT2D eigenvalue weighted by molar-refractivity contribution is 14.1. The van der Waals surface area contributed by atoms with E-state index in [1.807, 2.05) is 29.5 Å². The Morgan fingerprint density at radius 2 is 2.31 bits per heavy atom. The van der Waals surface area contributed by atoms with Gasteiger partial charge < -0.3 is 11.1 Å². The Kier molecular flexibility index (Phi) is 5.14. The van der Waals surface area contributed by atoms with Crippen molar-refractivity contribution in [3.05, 3.63) is 33.1 Å². The molecule has 1 atom stereocenters. The van der Waals surface area contributed by atoms with Gasteiger partial charge in [-0.1, -0.05) is 6.92 Å². The number of benzene rings is 1. The molecule has 0 aromatic heterocycles. The fourth-order valence-electron chi connectivity index (χ4n) is 1.26. The van der Waals surface area contributed by atoms with E-state index in [1.54, 1.807) is 0 Å². The monoisotopic (exact) mass is 336 g/mol. The average Bonchev–Trinajstić information content (AvgIpc) is 2.25. The van der Waals surface area contributed by atoms with Crippen LogP contribution in [-0.2, 0) is 0 Å². The Bertz CT molecular complexity index is 380. The molecule has 3 N–H and O–H groups in total. The summed E-state index contributed by atoms with van der Waals surface area (Å²) in [6, 6.07) is 4.06. The largest absolute Gasteiger partial charge is 0.348 e. The Balaban J connectivity index is 2.80. The molecule has 3 nitrogen and oxygen atoms in total. The quantitative estimate of drug-likeness (QED) is 0.826. The molecule has 1 amide bonds. The number of rotatable bonds is 4. The highest BCUT2D eigenvalue weighted by Crippen LogP contribution is 2.14. The lowest BCUT2D eigenvalue weighted by Gasteiger charge is -2.15. The second kappa shape index (κ2) is 6.15. The molecule has 16 heavy (non-hydrogen) atoms. The summed E-state index contributed by atoms with van der Waals surface area (Å²) in [6.45, 7) is 2.35. The number of carbonyl (C=O) groups is 1. The van der Waals surface area contributed by atoms with E-state index in [4.69, 9.17) is 5.73 Å². The van der Waals surface area contributed by atoms with Gasteiger partial charge >= 0.3 is 0 Å². The van der Waals surface area contributed by atoms with Gasteiger partial charge in [-0.2, -0.15) is 0 Å². The van der Waals surface area contributed by atoms with Crippen molar-refractivity contribution in [1.82, 2.24) is 5.32 Å². The van der Waals surface area contributed by atoms with E-state index in [0.717, 1.165) is 6.42 Å². The number of halogens is 2. The highest BCUT2D eigenvalue weighted by Gasteiger charge is 2.13. The van der Waals surface area contributed by atoms with Crippen LogP contribution in [0.4, 0.5) is 4.39 Å². The van der Waals surface area contributed by atoms with Gasteiger partial charge in [0.2, 0.25) is 0 Å². The summed E-state index contributed by atoms with van der Waals surface area (Å²) < 4.78 is 13.4. The number of amides is 1. The molecule has 1 aromatic rings. The van der Waals surface area contributed by atoms with Gasteiger partial charge in [0.1, 0.15) is 5.82 Å². The topological polar surface area (TPSA) is 55.1 Å². The van der Waals surface area contributed by atoms with Crippen molar-refractivity contribution in [3.8, 4) is 0 Å². The average molecular weight is 336 g/mol. The van der Waals surface area contributed by atoms with Crippen LogP contribution < -0.4 is 11.1 Å². The molecular weight excluding hydrogens is 322 g/mol. The van der Waals surface area contributed by atoms with E-state index in [2.05, 4.69) is 5.32 Å². The van der Waals surface area contributed by atoms with E-state index in [0.29, 0.717) is 15.7 Å². The molecule has 0 heterocycles. The molecule has 0 saturated carbocycles. The Labute approximate surface area is 108 Å². The molecule has 1 unspecified atom stereocenters. The number of hydrogen-bond donors (Lipinski definition) is 2. The molecule has 1 aromatic carbocycles. The Morgan fingerprint density at radius 1 is 1.62 bits per heavy atom. The molecule has 0 aliphatic carbocycles. The van der Waals surface area contributed by atoms with Crippen molar-refractivity contribution in [3.63, 3.8) is 0 Å². The molecule has 0 saturated heterocycles. The molecule has 0 aliphatic heterocycles. The van der Waals surface area contributed by atoms with Gasteiger partial charge in [-0.05, 0) is 47.2 Å². The highest BCUT2D eigenvalue weighted by atomic mass is 127. The zero-order chi connectivity index (χ0) is 12.1. The van der Waals surface area contributed by atoms with E-state index in [9.17, 15) is 9.18 Å². The fourth-order valence-corrected chi connectivity index (χ4v) is 1.99. The van der Waals surface area contributed by atoms with Crippen LogP contribution in [0.2, 0.25) is 0 Å². The molecular formula is C11H14FIN2O. The van der Waals surface area contributed by atoms with Crippen molar-refractivity contribution in [2.75, 3.05) is 6.54 Å². The fraction of sp³-hybridized carbons (Fsp3) is 0.364. The summed E-state index contributed by atoms with van der Waals surface area (Å²) in [5, 5.41) is 2.80. The predicted molar refractivity (Wildman–Crippen MR) is 69.7 cm³/mol. The first kappa shape index (κ1) is 13.4. The summed E-state index contributed by atoms with van der Waals surface area (Å²) >= 11 is 1.94. The van der Waals surface area contributed by atoms with E-state index >= 15 is 0 Å². The molecule has 5 heteroatoms. The zero-order valence-corrected chi connectivity index (χ0v) is 11.1. The minimum atomic E-state index is -0.341. The van der Waals surface area contributed by atoms with E-state index in [1.165, 1.54) is 18.2 Å². The van der Waals surface area contributed by atoms with Gasteiger partial charge in [-0.3, -0.25) is 4.79 Å². The lowest BCUT2D eigenvalue weighted by Crippen LogP contribution is -2.39. The van der Waals surface area contributed by atoms with E-state index in [-0.39, 0.29) is 17.8 Å². The summed E-state index contributed by atoms with van der Waals surface area (Å²) in [7, 11) is 0.